The molecule has 6 heteroatoms. The van der Waals surface area contributed by atoms with E-state index in [-0.39, 0.29) is 0 Å². The van der Waals surface area contributed by atoms with Crippen LogP contribution in [0.15, 0.2) is 12.1 Å². The molecule has 2 rings (SSSR count). The topological polar surface area (TPSA) is 156 Å². The van der Waals surface area contributed by atoms with Crippen LogP contribution in [0.25, 0.3) is 10.8 Å². The fraction of sp³-hybridized carbons (Fsp3) is 0. The summed E-state index contributed by atoms with van der Waals surface area (Å²) in [5.41, 5.74) is 36.7. The number of rotatable bonds is 0. The fourth-order valence-corrected chi connectivity index (χ4v) is 1.67. The van der Waals surface area contributed by atoms with Crippen molar-refractivity contribution in [3.63, 3.8) is 0 Å². The smallest absolute Gasteiger partial charge is 0.0787 e. The number of anilines is 6. The van der Waals surface area contributed by atoms with Crippen LogP contribution >= 0.6 is 0 Å². The highest BCUT2D eigenvalue weighted by molar-refractivity contribution is 6.12. The lowest BCUT2D eigenvalue weighted by atomic mass is 10.0. The molecule has 0 aliphatic heterocycles. The molecule has 2 aromatic carbocycles. The molecule has 0 saturated heterocycles. The highest BCUT2D eigenvalue weighted by Crippen LogP contribution is 2.39. The van der Waals surface area contributed by atoms with Crippen LogP contribution in [-0.2, 0) is 0 Å². The molecule has 0 spiro atoms. The molecule has 6 nitrogen and oxygen atoms in total. The first-order valence-corrected chi connectivity index (χ1v) is 4.64. The Morgan fingerprint density at radius 2 is 0.812 bits per heavy atom. The standard InChI is InChI=1S/C10H14N6/c11-5-1-3-4(8(14)9(5)15)2-6(12)10(16)7(3)13/h1-2H,11-16H2. The summed E-state index contributed by atoms with van der Waals surface area (Å²) in [5, 5.41) is 1.33. The monoisotopic (exact) mass is 218 g/mol. The number of nitrogen functional groups attached to an aromatic ring is 6. The zero-order valence-electron chi connectivity index (χ0n) is 8.62. The Balaban J connectivity index is 3.02. The third-order valence-corrected chi connectivity index (χ3v) is 2.67. The van der Waals surface area contributed by atoms with Crippen LogP contribution in [0.4, 0.5) is 34.1 Å². The third kappa shape index (κ3) is 1.13. The van der Waals surface area contributed by atoms with Crippen LogP contribution in [0.2, 0.25) is 0 Å². The molecule has 0 radical (unpaired) electrons. The van der Waals surface area contributed by atoms with E-state index in [2.05, 4.69) is 0 Å². The summed E-state index contributed by atoms with van der Waals surface area (Å²) >= 11 is 0. The predicted molar refractivity (Wildman–Crippen MR) is 70.4 cm³/mol. The van der Waals surface area contributed by atoms with Gasteiger partial charge in [-0.1, -0.05) is 0 Å². The van der Waals surface area contributed by atoms with Crippen molar-refractivity contribution in [2.45, 2.75) is 0 Å². The minimum atomic E-state index is 0.330. The Bertz CT molecular complexity index is 537. The third-order valence-electron chi connectivity index (χ3n) is 2.67. The SMILES string of the molecule is Nc1cc2c(N)c(N)c(N)cc2c(N)c1N. The zero-order valence-corrected chi connectivity index (χ0v) is 8.62. The van der Waals surface area contributed by atoms with Gasteiger partial charge in [0.1, 0.15) is 0 Å². The normalized spacial score (nSPS) is 10.8. The maximum Gasteiger partial charge on any atom is 0.0787 e. The molecule has 0 heterocycles. The largest absolute Gasteiger partial charge is 0.397 e. The van der Waals surface area contributed by atoms with Gasteiger partial charge in [-0.25, -0.2) is 0 Å². The lowest BCUT2D eigenvalue weighted by Crippen LogP contribution is -2.05. The van der Waals surface area contributed by atoms with Crippen molar-refractivity contribution in [3.8, 4) is 0 Å². The van der Waals surface area contributed by atoms with Gasteiger partial charge in [0.15, 0.2) is 0 Å². The maximum absolute atomic E-state index is 5.85. The molecule has 0 bridgehead atoms. The second-order valence-corrected chi connectivity index (χ2v) is 3.68. The Morgan fingerprint density at radius 3 is 1.12 bits per heavy atom. The van der Waals surface area contributed by atoms with Crippen molar-refractivity contribution in [2.75, 3.05) is 34.4 Å². The Kier molecular flexibility index (Phi) is 1.88. The first-order valence-electron chi connectivity index (χ1n) is 4.64. The van der Waals surface area contributed by atoms with Gasteiger partial charge >= 0.3 is 0 Å². The van der Waals surface area contributed by atoms with Crippen LogP contribution in [0.3, 0.4) is 0 Å². The van der Waals surface area contributed by atoms with Crippen LogP contribution < -0.4 is 34.4 Å². The number of fused-ring (bicyclic) bond motifs is 1. The summed E-state index contributed by atoms with van der Waals surface area (Å²) in [5.74, 6) is 0. The van der Waals surface area contributed by atoms with Gasteiger partial charge in [0.05, 0.1) is 34.1 Å². The fourth-order valence-electron chi connectivity index (χ4n) is 1.67. The van der Waals surface area contributed by atoms with E-state index < -0.39 is 0 Å². The molecule has 0 unspecified atom stereocenters. The van der Waals surface area contributed by atoms with Gasteiger partial charge < -0.3 is 34.4 Å². The minimum Gasteiger partial charge on any atom is -0.397 e. The molecular weight excluding hydrogens is 204 g/mol. The van der Waals surface area contributed by atoms with E-state index >= 15 is 0 Å². The summed E-state index contributed by atoms with van der Waals surface area (Å²) in [6.45, 7) is 0. The van der Waals surface area contributed by atoms with E-state index in [1.807, 2.05) is 0 Å². The molecule has 0 saturated carbocycles. The van der Waals surface area contributed by atoms with E-state index in [0.717, 1.165) is 0 Å². The molecule has 0 atom stereocenters. The quantitative estimate of drug-likeness (QED) is 0.350. The molecular formula is C10H14N6. The number of nitrogens with two attached hydrogens (primary N) is 6. The molecule has 0 amide bonds. The second-order valence-electron chi connectivity index (χ2n) is 3.68. The van der Waals surface area contributed by atoms with Crippen molar-refractivity contribution in [3.05, 3.63) is 12.1 Å². The average molecular weight is 218 g/mol. The van der Waals surface area contributed by atoms with Gasteiger partial charge in [-0.15, -0.1) is 0 Å². The first-order chi connectivity index (χ1) is 7.43. The van der Waals surface area contributed by atoms with Gasteiger partial charge in [0, 0.05) is 10.8 Å². The van der Waals surface area contributed by atoms with Crippen molar-refractivity contribution in [2.24, 2.45) is 0 Å². The van der Waals surface area contributed by atoms with Crippen molar-refractivity contribution >= 4 is 44.9 Å². The predicted octanol–water partition coefficient (Wildman–Crippen LogP) is 0.333. The summed E-state index contributed by atoms with van der Waals surface area (Å²) in [4.78, 5) is 0. The molecule has 2 aromatic rings. The van der Waals surface area contributed by atoms with Gasteiger partial charge in [-0.2, -0.15) is 0 Å². The van der Waals surface area contributed by atoms with Crippen LogP contribution in [-0.4, -0.2) is 0 Å². The lowest BCUT2D eigenvalue weighted by Gasteiger charge is -2.13. The van der Waals surface area contributed by atoms with E-state index in [0.29, 0.717) is 44.9 Å². The lowest BCUT2D eigenvalue weighted by molar-refractivity contribution is 1.66. The minimum absolute atomic E-state index is 0.330. The summed E-state index contributed by atoms with van der Waals surface area (Å²) in [6.07, 6.45) is 0. The summed E-state index contributed by atoms with van der Waals surface area (Å²) < 4.78 is 0. The Morgan fingerprint density at radius 1 is 0.500 bits per heavy atom. The van der Waals surface area contributed by atoms with E-state index in [4.69, 9.17) is 34.4 Å². The van der Waals surface area contributed by atoms with Crippen molar-refractivity contribution in [1.82, 2.24) is 0 Å². The highest BCUT2D eigenvalue weighted by atomic mass is 14.8. The Labute approximate surface area is 92.2 Å². The zero-order chi connectivity index (χ0) is 12.0. The second kappa shape index (κ2) is 2.99. The average Bonchev–Trinajstić information content (AvgIpc) is 2.25. The van der Waals surface area contributed by atoms with Crippen LogP contribution in [0.1, 0.15) is 0 Å². The van der Waals surface area contributed by atoms with Gasteiger partial charge in [-0.05, 0) is 12.1 Å². The van der Waals surface area contributed by atoms with Crippen molar-refractivity contribution in [1.29, 1.82) is 0 Å². The molecule has 84 valence electrons. The summed E-state index contributed by atoms with van der Waals surface area (Å²) in [7, 11) is 0. The number of hydrogen-bond acceptors (Lipinski definition) is 6. The van der Waals surface area contributed by atoms with E-state index in [9.17, 15) is 0 Å². The molecule has 0 aromatic heterocycles. The first kappa shape index (κ1) is 10.0. The summed E-state index contributed by atoms with van der Waals surface area (Å²) in [6, 6.07) is 3.29. The molecule has 0 aliphatic rings. The van der Waals surface area contributed by atoms with Crippen LogP contribution in [0.5, 0.6) is 0 Å². The van der Waals surface area contributed by atoms with Gasteiger partial charge in [0.25, 0.3) is 0 Å². The van der Waals surface area contributed by atoms with Gasteiger partial charge in [-0.3, -0.25) is 0 Å². The number of benzene rings is 2. The van der Waals surface area contributed by atoms with E-state index in [1.165, 1.54) is 0 Å². The maximum atomic E-state index is 5.85. The number of hydrogen-bond donors (Lipinski definition) is 6. The van der Waals surface area contributed by atoms with Crippen molar-refractivity contribution < 1.29 is 0 Å². The van der Waals surface area contributed by atoms with Gasteiger partial charge in [0.2, 0.25) is 0 Å². The Hall–Kier alpha value is -2.50. The molecule has 12 N–H and O–H groups in total. The highest BCUT2D eigenvalue weighted by Gasteiger charge is 2.12. The molecule has 0 fully saturated rings. The molecule has 16 heavy (non-hydrogen) atoms. The molecule has 0 aliphatic carbocycles. The van der Waals surface area contributed by atoms with Crippen LogP contribution in [0, 0.1) is 0 Å². The van der Waals surface area contributed by atoms with E-state index in [1.54, 1.807) is 12.1 Å².